The second-order valence-corrected chi connectivity index (χ2v) is 4.01. The summed E-state index contributed by atoms with van der Waals surface area (Å²) in [5.41, 5.74) is 6.90. The molecule has 0 heterocycles. The van der Waals surface area contributed by atoms with E-state index < -0.39 is 0 Å². The summed E-state index contributed by atoms with van der Waals surface area (Å²) < 4.78 is 0. The molecule has 0 bridgehead atoms. The molecule has 3 N–H and O–H groups in total. The van der Waals surface area contributed by atoms with E-state index in [1.165, 1.54) is 5.56 Å². The third-order valence-corrected chi connectivity index (χ3v) is 2.39. The molecule has 0 unspecified atom stereocenters. The molecule has 96 valence electrons. The third-order valence-electron chi connectivity index (χ3n) is 2.14. The van der Waals surface area contributed by atoms with Gasteiger partial charge >= 0.3 is 0 Å². The first-order valence-corrected chi connectivity index (χ1v) is 5.88. The van der Waals surface area contributed by atoms with Crippen molar-refractivity contribution in [3.05, 3.63) is 34.9 Å². The molecule has 1 rings (SSSR count). The standard InChI is InChI=1S/C12H18ClN3.HI/c1-2-8-15-12(14)16-9-7-10-3-5-11(13)6-4-10;/h3-6H,2,7-9H2,1H3,(H3,14,15,16);1H. The quantitative estimate of drug-likeness (QED) is 0.478. The van der Waals surface area contributed by atoms with Crippen LogP contribution in [0.4, 0.5) is 0 Å². The van der Waals surface area contributed by atoms with E-state index in [0.717, 1.165) is 31.0 Å². The van der Waals surface area contributed by atoms with Crippen molar-refractivity contribution in [1.29, 1.82) is 0 Å². The number of rotatable bonds is 5. The van der Waals surface area contributed by atoms with E-state index in [1.54, 1.807) is 0 Å². The molecule has 0 aromatic heterocycles. The van der Waals surface area contributed by atoms with Gasteiger partial charge in [0.2, 0.25) is 0 Å². The fraction of sp³-hybridized carbons (Fsp3) is 0.417. The predicted octanol–water partition coefficient (Wildman–Crippen LogP) is 2.81. The van der Waals surface area contributed by atoms with E-state index >= 15 is 0 Å². The van der Waals surface area contributed by atoms with Crippen molar-refractivity contribution in [1.82, 2.24) is 5.32 Å². The maximum Gasteiger partial charge on any atom is 0.188 e. The van der Waals surface area contributed by atoms with E-state index in [-0.39, 0.29) is 24.0 Å². The van der Waals surface area contributed by atoms with Gasteiger partial charge in [0, 0.05) is 18.1 Å². The van der Waals surface area contributed by atoms with Gasteiger partial charge in [-0.2, -0.15) is 0 Å². The zero-order chi connectivity index (χ0) is 11.8. The Hall–Kier alpha value is -0.490. The van der Waals surface area contributed by atoms with Gasteiger partial charge in [0.05, 0.1) is 0 Å². The zero-order valence-corrected chi connectivity index (χ0v) is 13.0. The summed E-state index contributed by atoms with van der Waals surface area (Å²) in [4.78, 5) is 4.15. The van der Waals surface area contributed by atoms with Crippen LogP contribution in [0.15, 0.2) is 29.3 Å². The molecule has 0 amide bonds. The highest BCUT2D eigenvalue weighted by Crippen LogP contribution is 2.09. The molecule has 0 aliphatic carbocycles. The molecule has 0 radical (unpaired) electrons. The second-order valence-electron chi connectivity index (χ2n) is 3.57. The van der Waals surface area contributed by atoms with Crippen molar-refractivity contribution in [2.24, 2.45) is 10.7 Å². The fourth-order valence-electron chi connectivity index (χ4n) is 1.27. The van der Waals surface area contributed by atoms with Gasteiger partial charge < -0.3 is 11.1 Å². The topological polar surface area (TPSA) is 50.4 Å². The molecule has 0 aliphatic heterocycles. The van der Waals surface area contributed by atoms with Crippen LogP contribution in [0, 0.1) is 0 Å². The first kappa shape index (κ1) is 16.5. The lowest BCUT2D eigenvalue weighted by atomic mass is 10.1. The van der Waals surface area contributed by atoms with Crippen LogP contribution in [0.25, 0.3) is 0 Å². The Balaban J connectivity index is 0.00000256. The minimum atomic E-state index is 0. The number of benzene rings is 1. The Morgan fingerprint density at radius 3 is 2.59 bits per heavy atom. The average molecular weight is 368 g/mol. The molecule has 0 saturated carbocycles. The molecule has 0 spiro atoms. The van der Waals surface area contributed by atoms with E-state index in [0.29, 0.717) is 5.96 Å². The number of guanidine groups is 1. The molecule has 1 aromatic rings. The Morgan fingerprint density at radius 2 is 2.00 bits per heavy atom. The van der Waals surface area contributed by atoms with Crippen LogP contribution in [-0.4, -0.2) is 19.0 Å². The number of aliphatic imine (C=N–C) groups is 1. The summed E-state index contributed by atoms with van der Waals surface area (Å²) in [6, 6.07) is 7.82. The Labute approximate surface area is 125 Å². The lowest BCUT2D eigenvalue weighted by Crippen LogP contribution is -2.33. The van der Waals surface area contributed by atoms with Crippen molar-refractivity contribution in [3.63, 3.8) is 0 Å². The second kappa shape index (κ2) is 9.53. The summed E-state index contributed by atoms with van der Waals surface area (Å²) >= 11 is 5.80. The number of nitrogens with zero attached hydrogens (tertiary/aromatic N) is 1. The fourth-order valence-corrected chi connectivity index (χ4v) is 1.40. The summed E-state index contributed by atoms with van der Waals surface area (Å²) in [6.45, 7) is 3.64. The lowest BCUT2D eigenvalue weighted by Gasteiger charge is -2.05. The molecule has 1 aromatic carbocycles. The molecular formula is C12H19ClIN3. The van der Waals surface area contributed by atoms with Crippen LogP contribution in [0.1, 0.15) is 18.9 Å². The number of hydrogen-bond donors (Lipinski definition) is 2. The minimum Gasteiger partial charge on any atom is -0.370 e. The molecule has 3 nitrogen and oxygen atoms in total. The van der Waals surface area contributed by atoms with Crippen molar-refractivity contribution < 1.29 is 0 Å². The van der Waals surface area contributed by atoms with Crippen molar-refractivity contribution in [2.75, 3.05) is 13.1 Å². The lowest BCUT2D eigenvalue weighted by molar-refractivity contribution is 0.839. The monoisotopic (exact) mass is 367 g/mol. The SMILES string of the molecule is CCCN=C(N)NCCc1ccc(Cl)cc1.I. The maximum absolute atomic E-state index is 5.80. The molecule has 17 heavy (non-hydrogen) atoms. The van der Waals surface area contributed by atoms with Crippen LogP contribution in [-0.2, 0) is 6.42 Å². The van der Waals surface area contributed by atoms with Crippen molar-refractivity contribution >= 4 is 41.5 Å². The summed E-state index contributed by atoms with van der Waals surface area (Å²) in [5, 5.41) is 3.84. The van der Waals surface area contributed by atoms with Gasteiger partial charge in [-0.15, -0.1) is 24.0 Å². The summed E-state index contributed by atoms with van der Waals surface area (Å²) in [6.07, 6.45) is 1.93. The zero-order valence-electron chi connectivity index (χ0n) is 9.95. The van der Waals surface area contributed by atoms with Crippen molar-refractivity contribution in [2.45, 2.75) is 19.8 Å². The normalized spacial score (nSPS) is 10.8. The Bertz CT molecular complexity index is 338. The molecule has 5 heteroatoms. The van der Waals surface area contributed by atoms with Crippen LogP contribution < -0.4 is 11.1 Å². The Kier molecular flexibility index (Phi) is 9.26. The number of nitrogens with two attached hydrogens (primary N) is 1. The maximum atomic E-state index is 5.80. The van der Waals surface area contributed by atoms with E-state index in [2.05, 4.69) is 17.2 Å². The molecular weight excluding hydrogens is 349 g/mol. The number of hydrogen-bond acceptors (Lipinski definition) is 1. The van der Waals surface area contributed by atoms with E-state index in [9.17, 15) is 0 Å². The summed E-state index contributed by atoms with van der Waals surface area (Å²) in [7, 11) is 0. The highest BCUT2D eigenvalue weighted by atomic mass is 127. The first-order valence-electron chi connectivity index (χ1n) is 5.50. The number of nitrogens with one attached hydrogen (secondary N) is 1. The highest BCUT2D eigenvalue weighted by molar-refractivity contribution is 14.0. The van der Waals surface area contributed by atoms with Crippen LogP contribution >= 0.6 is 35.6 Å². The average Bonchev–Trinajstić information content (AvgIpc) is 2.29. The van der Waals surface area contributed by atoms with Crippen LogP contribution in [0.5, 0.6) is 0 Å². The largest absolute Gasteiger partial charge is 0.370 e. The van der Waals surface area contributed by atoms with Gasteiger partial charge in [0.25, 0.3) is 0 Å². The molecule has 0 fully saturated rings. The molecule has 0 saturated heterocycles. The Morgan fingerprint density at radius 1 is 1.35 bits per heavy atom. The van der Waals surface area contributed by atoms with Crippen LogP contribution in [0.2, 0.25) is 5.02 Å². The van der Waals surface area contributed by atoms with Gasteiger partial charge in [0.15, 0.2) is 5.96 Å². The van der Waals surface area contributed by atoms with Gasteiger partial charge in [-0.3, -0.25) is 4.99 Å². The van der Waals surface area contributed by atoms with E-state index in [4.69, 9.17) is 17.3 Å². The third kappa shape index (κ3) is 7.44. The van der Waals surface area contributed by atoms with Gasteiger partial charge in [-0.25, -0.2) is 0 Å². The summed E-state index contributed by atoms with van der Waals surface area (Å²) in [5.74, 6) is 0.524. The molecule has 0 aliphatic rings. The smallest absolute Gasteiger partial charge is 0.188 e. The highest BCUT2D eigenvalue weighted by Gasteiger charge is 1.94. The van der Waals surface area contributed by atoms with Crippen LogP contribution in [0.3, 0.4) is 0 Å². The minimum absolute atomic E-state index is 0. The number of halogens is 2. The van der Waals surface area contributed by atoms with Gasteiger partial charge in [-0.1, -0.05) is 30.7 Å². The van der Waals surface area contributed by atoms with Crippen molar-refractivity contribution in [3.8, 4) is 0 Å². The molecule has 0 atom stereocenters. The van der Waals surface area contributed by atoms with E-state index in [1.807, 2.05) is 24.3 Å². The first-order chi connectivity index (χ1) is 7.72. The van der Waals surface area contributed by atoms with Gasteiger partial charge in [-0.05, 0) is 30.5 Å². The predicted molar refractivity (Wildman–Crippen MR) is 85.4 cm³/mol. The van der Waals surface area contributed by atoms with Gasteiger partial charge in [0.1, 0.15) is 0 Å².